The second-order valence-electron chi connectivity index (χ2n) is 8.64. The normalized spacial score (nSPS) is 18.2. The molecule has 1 aromatic rings. The molecule has 3 amide bonds. The number of imidazole rings is 1. The van der Waals surface area contributed by atoms with Crippen molar-refractivity contribution in [2.75, 3.05) is 6.54 Å². The zero-order valence-corrected chi connectivity index (χ0v) is 19.2. The second-order valence-corrected chi connectivity index (χ2v) is 8.64. The Kier molecular flexibility index (Phi) is 9.54. The van der Waals surface area contributed by atoms with Gasteiger partial charge in [-0.3, -0.25) is 19.2 Å². The predicted octanol–water partition coefficient (Wildman–Crippen LogP) is -1.15. The summed E-state index contributed by atoms with van der Waals surface area (Å²) < 4.78 is 0. The molecular formula is C21H32N6O7. The number of aliphatic carboxylic acids is 2. The van der Waals surface area contributed by atoms with Crippen molar-refractivity contribution < 1.29 is 34.2 Å². The molecule has 1 aromatic heterocycles. The zero-order chi connectivity index (χ0) is 25.4. The Bertz CT molecular complexity index is 888. The van der Waals surface area contributed by atoms with Gasteiger partial charge in [0.1, 0.15) is 18.1 Å². The number of carbonyl (C=O) groups is 5. The van der Waals surface area contributed by atoms with Gasteiger partial charge in [0, 0.05) is 31.3 Å². The molecule has 13 heteroatoms. The first-order chi connectivity index (χ1) is 16.0. The number of likely N-dealkylation sites (tertiary alicyclic amines) is 1. The highest BCUT2D eigenvalue weighted by Crippen LogP contribution is 2.20. The summed E-state index contributed by atoms with van der Waals surface area (Å²) in [6.07, 6.45) is 3.43. The number of hydrogen-bond donors (Lipinski definition) is 6. The van der Waals surface area contributed by atoms with Crippen LogP contribution in [0, 0.1) is 5.92 Å². The molecule has 7 N–H and O–H groups in total. The first kappa shape index (κ1) is 26.8. The van der Waals surface area contributed by atoms with Crippen molar-refractivity contribution in [1.29, 1.82) is 0 Å². The van der Waals surface area contributed by atoms with E-state index in [0.29, 0.717) is 18.5 Å². The van der Waals surface area contributed by atoms with Gasteiger partial charge in [0.05, 0.1) is 12.4 Å². The minimum Gasteiger partial charge on any atom is -0.481 e. The van der Waals surface area contributed by atoms with Crippen molar-refractivity contribution in [1.82, 2.24) is 25.5 Å². The number of rotatable bonds is 12. The van der Waals surface area contributed by atoms with E-state index in [4.69, 9.17) is 10.8 Å². The molecule has 1 aliphatic rings. The molecule has 0 saturated carbocycles. The Labute approximate surface area is 196 Å². The fraction of sp³-hybridized carbons (Fsp3) is 0.619. The highest BCUT2D eigenvalue weighted by Gasteiger charge is 2.39. The third-order valence-corrected chi connectivity index (χ3v) is 5.67. The summed E-state index contributed by atoms with van der Waals surface area (Å²) >= 11 is 0. The van der Waals surface area contributed by atoms with Gasteiger partial charge in [0.25, 0.3) is 0 Å². The summed E-state index contributed by atoms with van der Waals surface area (Å²) in [5.41, 5.74) is 6.35. The van der Waals surface area contributed by atoms with Crippen LogP contribution in [0.25, 0.3) is 0 Å². The van der Waals surface area contributed by atoms with Crippen LogP contribution in [0.4, 0.5) is 0 Å². The molecule has 1 aliphatic heterocycles. The van der Waals surface area contributed by atoms with Crippen LogP contribution in [0.15, 0.2) is 12.5 Å². The van der Waals surface area contributed by atoms with Gasteiger partial charge in [0.2, 0.25) is 17.7 Å². The summed E-state index contributed by atoms with van der Waals surface area (Å²) in [5, 5.41) is 23.3. The number of carbonyl (C=O) groups excluding carboxylic acids is 3. The van der Waals surface area contributed by atoms with Crippen molar-refractivity contribution in [3.63, 3.8) is 0 Å². The number of H-pyrrole nitrogens is 1. The molecule has 0 aliphatic carbocycles. The molecule has 0 spiro atoms. The topological polar surface area (TPSA) is 208 Å². The Hall–Kier alpha value is -3.48. The summed E-state index contributed by atoms with van der Waals surface area (Å²) in [6, 6.07) is -4.20. The molecule has 1 fully saturated rings. The average molecular weight is 481 g/mol. The zero-order valence-electron chi connectivity index (χ0n) is 19.2. The van der Waals surface area contributed by atoms with Crippen LogP contribution >= 0.6 is 0 Å². The van der Waals surface area contributed by atoms with Crippen molar-refractivity contribution in [3.05, 3.63) is 18.2 Å². The van der Waals surface area contributed by atoms with Crippen LogP contribution < -0.4 is 16.4 Å². The number of nitrogens with one attached hydrogen (secondary N) is 3. The minimum absolute atomic E-state index is 0.0464. The van der Waals surface area contributed by atoms with Crippen LogP contribution in [0.5, 0.6) is 0 Å². The summed E-state index contributed by atoms with van der Waals surface area (Å²) in [4.78, 5) is 69.1. The lowest BCUT2D eigenvalue weighted by Gasteiger charge is -2.30. The largest absolute Gasteiger partial charge is 0.481 e. The molecule has 4 unspecified atom stereocenters. The molecule has 2 heterocycles. The fourth-order valence-electron chi connectivity index (χ4n) is 3.77. The van der Waals surface area contributed by atoms with Gasteiger partial charge in [-0.15, -0.1) is 0 Å². The van der Waals surface area contributed by atoms with Crippen LogP contribution in [-0.4, -0.2) is 85.5 Å². The highest BCUT2D eigenvalue weighted by atomic mass is 16.4. The quantitative estimate of drug-likeness (QED) is 0.213. The molecule has 4 atom stereocenters. The third kappa shape index (κ3) is 7.27. The fourth-order valence-corrected chi connectivity index (χ4v) is 3.77. The van der Waals surface area contributed by atoms with Crippen LogP contribution in [0.2, 0.25) is 0 Å². The molecule has 0 radical (unpaired) electrons. The summed E-state index contributed by atoms with van der Waals surface area (Å²) in [7, 11) is 0. The van der Waals surface area contributed by atoms with Crippen molar-refractivity contribution in [2.24, 2.45) is 11.7 Å². The highest BCUT2D eigenvalue weighted by molar-refractivity contribution is 5.94. The van der Waals surface area contributed by atoms with Gasteiger partial charge in [-0.2, -0.15) is 0 Å². The molecule has 34 heavy (non-hydrogen) atoms. The number of amides is 3. The van der Waals surface area contributed by atoms with Gasteiger partial charge in [-0.05, 0) is 25.2 Å². The lowest BCUT2D eigenvalue weighted by atomic mass is 10.0. The summed E-state index contributed by atoms with van der Waals surface area (Å²) in [6.45, 7) is 3.59. The van der Waals surface area contributed by atoms with Crippen LogP contribution in [-0.2, 0) is 30.4 Å². The number of aromatic amines is 1. The Morgan fingerprint density at radius 1 is 1.24 bits per heavy atom. The van der Waals surface area contributed by atoms with Gasteiger partial charge in [-0.25, -0.2) is 9.78 Å². The second kappa shape index (κ2) is 12.1. The molecule has 0 bridgehead atoms. The van der Waals surface area contributed by atoms with Crippen molar-refractivity contribution in [2.45, 2.75) is 70.1 Å². The number of aromatic nitrogens is 2. The third-order valence-electron chi connectivity index (χ3n) is 5.67. The van der Waals surface area contributed by atoms with Gasteiger partial charge < -0.3 is 36.5 Å². The minimum atomic E-state index is -1.17. The lowest BCUT2D eigenvalue weighted by Crippen LogP contribution is -2.57. The van der Waals surface area contributed by atoms with E-state index in [-0.39, 0.29) is 31.7 Å². The lowest BCUT2D eigenvalue weighted by molar-refractivity contribution is -0.146. The smallest absolute Gasteiger partial charge is 0.326 e. The maximum absolute atomic E-state index is 13.4. The van der Waals surface area contributed by atoms with Gasteiger partial charge in [-0.1, -0.05) is 13.8 Å². The predicted molar refractivity (Wildman–Crippen MR) is 118 cm³/mol. The maximum atomic E-state index is 13.4. The van der Waals surface area contributed by atoms with E-state index in [9.17, 15) is 29.1 Å². The van der Waals surface area contributed by atoms with E-state index in [0.717, 1.165) is 0 Å². The van der Waals surface area contributed by atoms with Crippen molar-refractivity contribution >= 4 is 29.7 Å². The van der Waals surface area contributed by atoms with E-state index in [1.807, 2.05) is 0 Å². The maximum Gasteiger partial charge on any atom is 0.326 e. The van der Waals surface area contributed by atoms with E-state index in [2.05, 4.69) is 20.6 Å². The van der Waals surface area contributed by atoms with Gasteiger partial charge in [0.15, 0.2) is 0 Å². The molecule has 1 saturated heterocycles. The first-order valence-corrected chi connectivity index (χ1v) is 11.1. The average Bonchev–Trinajstić information content (AvgIpc) is 3.46. The Morgan fingerprint density at radius 3 is 2.50 bits per heavy atom. The number of carboxylic acids is 2. The van der Waals surface area contributed by atoms with E-state index < -0.39 is 53.8 Å². The molecule has 0 aromatic carbocycles. The Morgan fingerprint density at radius 2 is 1.94 bits per heavy atom. The first-order valence-electron chi connectivity index (χ1n) is 11.1. The molecular weight excluding hydrogens is 448 g/mol. The van der Waals surface area contributed by atoms with Crippen LogP contribution in [0.1, 0.15) is 45.2 Å². The van der Waals surface area contributed by atoms with Gasteiger partial charge >= 0.3 is 11.9 Å². The standard InChI is InChI=1S/C21H32N6O7/c1-11(2)17(21(33)34)26-19(31)15-4-3-7-27(15)20(32)14(8-12-9-23-10-24-12)25-18(30)13(22)5-6-16(28)29/h9-11,13-15,17H,3-8,22H2,1-2H3,(H,23,24)(H,25,30)(H,26,31)(H,28,29)(H,33,34). The number of nitrogens with two attached hydrogens (primary N) is 1. The molecule has 2 rings (SSSR count). The molecule has 13 nitrogen and oxygen atoms in total. The SMILES string of the molecule is CC(C)C(NC(=O)C1CCCN1C(=O)C(Cc1cnc[nH]1)NC(=O)C(N)CCC(=O)O)C(=O)O. The van der Waals surface area contributed by atoms with Crippen LogP contribution in [0.3, 0.4) is 0 Å². The number of hydrogen-bond acceptors (Lipinski definition) is 7. The number of nitrogens with zero attached hydrogens (tertiary/aromatic N) is 2. The summed E-state index contributed by atoms with van der Waals surface area (Å²) in [5.74, 6) is -4.41. The number of carboxylic acid groups (broad SMARTS) is 2. The van der Waals surface area contributed by atoms with E-state index in [1.165, 1.54) is 17.4 Å². The van der Waals surface area contributed by atoms with Crippen molar-refractivity contribution in [3.8, 4) is 0 Å². The Balaban J connectivity index is 2.16. The molecule has 188 valence electrons. The van der Waals surface area contributed by atoms with E-state index >= 15 is 0 Å². The van der Waals surface area contributed by atoms with E-state index in [1.54, 1.807) is 13.8 Å². The monoisotopic (exact) mass is 480 g/mol.